The number of anilines is 2. The van der Waals surface area contributed by atoms with Crippen LogP contribution in [0.1, 0.15) is 32.1 Å². The molecule has 2 aromatic rings. The quantitative estimate of drug-likeness (QED) is 0.750. The molecule has 20 heavy (non-hydrogen) atoms. The van der Waals surface area contributed by atoms with Crippen LogP contribution >= 0.6 is 0 Å². The van der Waals surface area contributed by atoms with E-state index in [9.17, 15) is 4.79 Å². The summed E-state index contributed by atoms with van der Waals surface area (Å²) in [6.07, 6.45) is 6.51. The lowest BCUT2D eigenvalue weighted by molar-refractivity contribution is 0.373. The van der Waals surface area contributed by atoms with E-state index in [1.807, 2.05) is 0 Å². The lowest BCUT2D eigenvalue weighted by atomic mass is 9.89. The van der Waals surface area contributed by atoms with Crippen LogP contribution in [0.2, 0.25) is 0 Å². The number of fused-ring (bicyclic) bond motifs is 1. The van der Waals surface area contributed by atoms with Gasteiger partial charge in [-0.25, -0.2) is 4.98 Å². The molecule has 1 aliphatic rings. The molecule has 0 aliphatic heterocycles. The van der Waals surface area contributed by atoms with E-state index in [1.165, 1.54) is 32.1 Å². The van der Waals surface area contributed by atoms with Crippen molar-refractivity contribution < 1.29 is 0 Å². The summed E-state index contributed by atoms with van der Waals surface area (Å²) in [6.45, 7) is 0.878. The van der Waals surface area contributed by atoms with E-state index in [4.69, 9.17) is 5.73 Å². The number of nitrogen functional groups attached to an aromatic ring is 1. The SMILES string of the molecule is Nc1ccc2nc(NCC3CCCCC3)[nH]c(=O)c2c1. The number of hydrogen-bond acceptors (Lipinski definition) is 4. The van der Waals surface area contributed by atoms with Gasteiger partial charge in [-0.1, -0.05) is 19.3 Å². The van der Waals surface area contributed by atoms with Crippen molar-refractivity contribution >= 4 is 22.5 Å². The second-order valence-corrected chi connectivity index (χ2v) is 5.58. The van der Waals surface area contributed by atoms with Crippen molar-refractivity contribution in [3.8, 4) is 0 Å². The number of nitrogens with one attached hydrogen (secondary N) is 2. The molecule has 1 saturated carbocycles. The molecule has 1 fully saturated rings. The number of rotatable bonds is 3. The molecule has 1 heterocycles. The number of aromatic amines is 1. The van der Waals surface area contributed by atoms with Crippen molar-refractivity contribution in [2.24, 2.45) is 5.92 Å². The minimum Gasteiger partial charge on any atom is -0.399 e. The van der Waals surface area contributed by atoms with E-state index in [0.29, 0.717) is 28.5 Å². The summed E-state index contributed by atoms with van der Waals surface area (Å²) in [5.74, 6) is 1.24. The van der Waals surface area contributed by atoms with Gasteiger partial charge in [0.15, 0.2) is 0 Å². The predicted octanol–water partition coefficient (Wildman–Crippen LogP) is 2.50. The van der Waals surface area contributed by atoms with Gasteiger partial charge in [-0.15, -0.1) is 0 Å². The Labute approximate surface area is 117 Å². The van der Waals surface area contributed by atoms with Crippen LogP contribution in [0.5, 0.6) is 0 Å². The number of H-pyrrole nitrogens is 1. The van der Waals surface area contributed by atoms with Crippen LogP contribution in [0.4, 0.5) is 11.6 Å². The highest BCUT2D eigenvalue weighted by Gasteiger charge is 2.13. The monoisotopic (exact) mass is 272 g/mol. The van der Waals surface area contributed by atoms with Crippen molar-refractivity contribution in [1.29, 1.82) is 0 Å². The summed E-state index contributed by atoms with van der Waals surface area (Å²) in [5, 5.41) is 3.80. The van der Waals surface area contributed by atoms with Crippen molar-refractivity contribution in [3.05, 3.63) is 28.6 Å². The number of hydrogen-bond donors (Lipinski definition) is 3. The van der Waals surface area contributed by atoms with Gasteiger partial charge in [0.25, 0.3) is 5.56 Å². The van der Waals surface area contributed by atoms with Crippen LogP contribution in [0.25, 0.3) is 10.9 Å². The fourth-order valence-corrected chi connectivity index (χ4v) is 2.87. The first-order chi connectivity index (χ1) is 9.72. The molecule has 0 bridgehead atoms. The molecule has 0 amide bonds. The largest absolute Gasteiger partial charge is 0.399 e. The van der Waals surface area contributed by atoms with Crippen LogP contribution in [-0.4, -0.2) is 16.5 Å². The maximum atomic E-state index is 12.0. The van der Waals surface area contributed by atoms with Gasteiger partial charge < -0.3 is 11.1 Å². The first-order valence-electron chi connectivity index (χ1n) is 7.26. The van der Waals surface area contributed by atoms with E-state index < -0.39 is 0 Å². The number of aromatic nitrogens is 2. The van der Waals surface area contributed by atoms with Crippen molar-refractivity contribution in [2.75, 3.05) is 17.6 Å². The molecule has 0 unspecified atom stereocenters. The van der Waals surface area contributed by atoms with E-state index in [0.717, 1.165) is 6.54 Å². The fourth-order valence-electron chi connectivity index (χ4n) is 2.87. The standard InChI is InChI=1S/C15H20N4O/c16-11-6-7-13-12(8-11)14(20)19-15(18-13)17-9-10-4-2-1-3-5-10/h6-8,10H,1-5,9,16H2,(H2,17,18,19,20). The number of benzene rings is 1. The molecule has 0 saturated heterocycles. The molecule has 5 nitrogen and oxygen atoms in total. The molecular weight excluding hydrogens is 252 g/mol. The van der Waals surface area contributed by atoms with E-state index in [-0.39, 0.29) is 5.56 Å². The molecule has 1 aromatic heterocycles. The number of nitrogens with two attached hydrogens (primary N) is 1. The first-order valence-corrected chi connectivity index (χ1v) is 7.26. The summed E-state index contributed by atoms with van der Waals surface area (Å²) in [5.41, 5.74) is 6.80. The molecule has 106 valence electrons. The van der Waals surface area contributed by atoms with Gasteiger partial charge in [-0.3, -0.25) is 9.78 Å². The van der Waals surface area contributed by atoms with Gasteiger partial charge in [0.05, 0.1) is 10.9 Å². The average molecular weight is 272 g/mol. The molecule has 1 aliphatic carbocycles. The Morgan fingerprint density at radius 2 is 2.10 bits per heavy atom. The summed E-state index contributed by atoms with van der Waals surface area (Å²) in [6, 6.07) is 5.21. The Bertz CT molecular complexity index is 658. The highest BCUT2D eigenvalue weighted by Crippen LogP contribution is 2.23. The van der Waals surface area contributed by atoms with Crippen LogP contribution < -0.4 is 16.6 Å². The van der Waals surface area contributed by atoms with Crippen LogP contribution in [-0.2, 0) is 0 Å². The first kappa shape index (κ1) is 13.0. The van der Waals surface area contributed by atoms with Gasteiger partial charge in [0.1, 0.15) is 0 Å². The lowest BCUT2D eigenvalue weighted by Crippen LogP contribution is -2.20. The third-order valence-corrected chi connectivity index (χ3v) is 4.01. The number of nitrogens with zero attached hydrogens (tertiary/aromatic N) is 1. The lowest BCUT2D eigenvalue weighted by Gasteiger charge is -2.21. The van der Waals surface area contributed by atoms with E-state index in [1.54, 1.807) is 18.2 Å². The smallest absolute Gasteiger partial charge is 0.260 e. The molecular formula is C15H20N4O. The normalized spacial score (nSPS) is 16.4. The zero-order valence-corrected chi connectivity index (χ0v) is 11.5. The third kappa shape index (κ3) is 2.76. The Balaban J connectivity index is 1.78. The van der Waals surface area contributed by atoms with Crippen molar-refractivity contribution in [3.63, 3.8) is 0 Å². The topological polar surface area (TPSA) is 83.8 Å². The van der Waals surface area contributed by atoms with Crippen molar-refractivity contribution in [1.82, 2.24) is 9.97 Å². The molecule has 0 radical (unpaired) electrons. The molecule has 0 atom stereocenters. The highest BCUT2D eigenvalue weighted by atomic mass is 16.1. The second-order valence-electron chi connectivity index (χ2n) is 5.58. The fraction of sp³-hybridized carbons (Fsp3) is 0.467. The summed E-state index contributed by atoms with van der Waals surface area (Å²) >= 11 is 0. The molecule has 4 N–H and O–H groups in total. The molecule has 1 aromatic carbocycles. The second kappa shape index (κ2) is 5.53. The highest BCUT2D eigenvalue weighted by molar-refractivity contribution is 5.81. The third-order valence-electron chi connectivity index (χ3n) is 4.01. The molecule has 3 rings (SSSR count). The summed E-state index contributed by atoms with van der Waals surface area (Å²) in [7, 11) is 0. The molecule has 0 spiro atoms. The zero-order valence-electron chi connectivity index (χ0n) is 11.5. The Kier molecular flexibility index (Phi) is 3.58. The van der Waals surface area contributed by atoms with Crippen LogP contribution in [0, 0.1) is 5.92 Å². The van der Waals surface area contributed by atoms with Gasteiger partial charge in [-0.2, -0.15) is 0 Å². The van der Waals surface area contributed by atoms with Gasteiger partial charge in [-0.05, 0) is 37.0 Å². The van der Waals surface area contributed by atoms with Gasteiger partial charge in [0, 0.05) is 12.2 Å². The van der Waals surface area contributed by atoms with Crippen molar-refractivity contribution in [2.45, 2.75) is 32.1 Å². The predicted molar refractivity (Wildman–Crippen MR) is 81.8 cm³/mol. The maximum Gasteiger partial charge on any atom is 0.260 e. The van der Waals surface area contributed by atoms with Gasteiger partial charge >= 0.3 is 0 Å². The van der Waals surface area contributed by atoms with E-state index >= 15 is 0 Å². The average Bonchev–Trinajstić information content (AvgIpc) is 2.47. The summed E-state index contributed by atoms with van der Waals surface area (Å²) in [4.78, 5) is 19.2. The molecule has 5 heteroatoms. The zero-order chi connectivity index (χ0) is 13.9. The van der Waals surface area contributed by atoms with Gasteiger partial charge in [0.2, 0.25) is 5.95 Å². The maximum absolute atomic E-state index is 12.0. The Morgan fingerprint density at radius 3 is 2.90 bits per heavy atom. The van der Waals surface area contributed by atoms with Crippen LogP contribution in [0.15, 0.2) is 23.0 Å². The Hall–Kier alpha value is -2.04. The van der Waals surface area contributed by atoms with Crippen LogP contribution in [0.3, 0.4) is 0 Å². The minimum absolute atomic E-state index is 0.145. The minimum atomic E-state index is -0.145. The van der Waals surface area contributed by atoms with E-state index in [2.05, 4.69) is 15.3 Å². The Morgan fingerprint density at radius 1 is 1.30 bits per heavy atom. The summed E-state index contributed by atoms with van der Waals surface area (Å²) < 4.78 is 0.